The van der Waals surface area contributed by atoms with Crippen molar-refractivity contribution in [2.45, 2.75) is 57.4 Å². The van der Waals surface area contributed by atoms with Gasteiger partial charge in [0.05, 0.1) is 22.6 Å². The minimum Gasteiger partial charge on any atom is -0.497 e. The van der Waals surface area contributed by atoms with Crippen LogP contribution in [0.3, 0.4) is 0 Å². The number of benzene rings is 3. The first-order chi connectivity index (χ1) is 21.0. The molecular formula is C32H40N4O7S. The molecule has 44 heavy (non-hydrogen) atoms. The van der Waals surface area contributed by atoms with Crippen molar-refractivity contribution in [1.82, 2.24) is 10.2 Å². The number of carbonyl (C=O) groups is 2. The molecule has 0 saturated carbocycles. The Balaban J connectivity index is 2.05. The van der Waals surface area contributed by atoms with Crippen LogP contribution in [0.15, 0.2) is 77.7 Å². The molecule has 0 fully saturated rings. The summed E-state index contributed by atoms with van der Waals surface area (Å²) in [6.45, 7) is 5.33. The van der Waals surface area contributed by atoms with Gasteiger partial charge in [0.2, 0.25) is 11.8 Å². The number of sulfonamides is 1. The van der Waals surface area contributed by atoms with Crippen molar-refractivity contribution in [1.29, 1.82) is 0 Å². The molecule has 0 saturated heterocycles. The van der Waals surface area contributed by atoms with Crippen molar-refractivity contribution in [2.75, 3.05) is 31.0 Å². The topological polar surface area (TPSA) is 139 Å². The number of anilines is 1. The number of ether oxygens (including phenoxy) is 1. The zero-order valence-electron chi connectivity index (χ0n) is 25.6. The minimum atomic E-state index is -4.47. The Morgan fingerprint density at radius 3 is 2.30 bits per heavy atom. The Labute approximate surface area is 259 Å². The van der Waals surface area contributed by atoms with Gasteiger partial charge in [0.15, 0.2) is 0 Å². The van der Waals surface area contributed by atoms with E-state index in [1.807, 2.05) is 37.3 Å². The fourth-order valence-corrected chi connectivity index (χ4v) is 6.19. The van der Waals surface area contributed by atoms with E-state index in [0.717, 1.165) is 28.8 Å². The molecule has 0 aliphatic rings. The van der Waals surface area contributed by atoms with Gasteiger partial charge < -0.3 is 15.0 Å². The summed E-state index contributed by atoms with van der Waals surface area (Å²) >= 11 is 0. The molecule has 12 heteroatoms. The SMILES string of the molecule is CCCCNC(=O)[C@H](CC)N(CCc1ccccc1)C(=O)CN(c1ccc(OC)cc1)S(=O)(=O)c1ccc(C)c([N+](=O)[O-])c1. The second-order valence-electron chi connectivity index (χ2n) is 10.3. The first kappa shape index (κ1) is 34.0. The van der Waals surface area contributed by atoms with E-state index in [9.17, 15) is 28.1 Å². The number of hydrogen-bond donors (Lipinski definition) is 1. The fourth-order valence-electron chi connectivity index (χ4n) is 4.75. The predicted molar refractivity (Wildman–Crippen MR) is 169 cm³/mol. The number of amides is 2. The highest BCUT2D eigenvalue weighted by Gasteiger charge is 2.34. The lowest BCUT2D eigenvalue weighted by molar-refractivity contribution is -0.385. The molecule has 0 bridgehead atoms. The third-order valence-electron chi connectivity index (χ3n) is 7.30. The molecule has 0 aliphatic heterocycles. The maximum Gasteiger partial charge on any atom is 0.273 e. The smallest absolute Gasteiger partial charge is 0.273 e. The Hall–Kier alpha value is -4.45. The molecule has 0 unspecified atom stereocenters. The number of carbonyl (C=O) groups excluding carboxylic acids is 2. The quantitative estimate of drug-likeness (QED) is 0.136. The first-order valence-electron chi connectivity index (χ1n) is 14.6. The van der Waals surface area contributed by atoms with Crippen LogP contribution in [0.5, 0.6) is 5.75 Å². The number of aryl methyl sites for hydroxylation is 1. The summed E-state index contributed by atoms with van der Waals surface area (Å²) in [5, 5.41) is 14.5. The van der Waals surface area contributed by atoms with E-state index < -0.39 is 33.4 Å². The molecular weight excluding hydrogens is 584 g/mol. The second-order valence-corrected chi connectivity index (χ2v) is 12.2. The van der Waals surface area contributed by atoms with Crippen LogP contribution in [0, 0.1) is 17.0 Å². The Kier molecular flexibility index (Phi) is 12.3. The fraction of sp³-hybridized carbons (Fsp3) is 0.375. The lowest BCUT2D eigenvalue weighted by Crippen LogP contribution is -2.53. The van der Waals surface area contributed by atoms with E-state index in [1.165, 1.54) is 43.2 Å². The predicted octanol–water partition coefficient (Wildman–Crippen LogP) is 4.87. The van der Waals surface area contributed by atoms with Gasteiger partial charge >= 0.3 is 0 Å². The summed E-state index contributed by atoms with van der Waals surface area (Å²) in [4.78, 5) is 39.5. The minimum absolute atomic E-state index is 0.158. The van der Waals surface area contributed by atoms with Crippen LogP contribution in [0.4, 0.5) is 11.4 Å². The molecule has 236 valence electrons. The van der Waals surface area contributed by atoms with Crippen LogP contribution < -0.4 is 14.4 Å². The summed E-state index contributed by atoms with van der Waals surface area (Å²) in [6.07, 6.45) is 2.44. The molecule has 1 atom stereocenters. The van der Waals surface area contributed by atoms with E-state index in [1.54, 1.807) is 19.1 Å². The number of nitro benzene ring substituents is 1. The van der Waals surface area contributed by atoms with Gasteiger partial charge in [0.1, 0.15) is 18.3 Å². The zero-order chi connectivity index (χ0) is 32.3. The van der Waals surface area contributed by atoms with Crippen LogP contribution in [0.25, 0.3) is 0 Å². The van der Waals surface area contributed by atoms with Gasteiger partial charge in [-0.2, -0.15) is 0 Å². The molecule has 0 aliphatic carbocycles. The van der Waals surface area contributed by atoms with Crippen molar-refractivity contribution in [3.63, 3.8) is 0 Å². The van der Waals surface area contributed by atoms with E-state index in [4.69, 9.17) is 4.74 Å². The zero-order valence-corrected chi connectivity index (χ0v) is 26.4. The maximum absolute atomic E-state index is 14.1. The van der Waals surface area contributed by atoms with Crippen LogP contribution in [0.1, 0.15) is 44.2 Å². The van der Waals surface area contributed by atoms with E-state index in [0.29, 0.717) is 30.7 Å². The highest BCUT2D eigenvalue weighted by atomic mass is 32.2. The van der Waals surface area contributed by atoms with Crippen molar-refractivity contribution in [3.8, 4) is 5.75 Å². The van der Waals surface area contributed by atoms with Crippen LogP contribution in [-0.4, -0.2) is 62.8 Å². The summed E-state index contributed by atoms with van der Waals surface area (Å²) in [7, 11) is -3.00. The van der Waals surface area contributed by atoms with Gasteiger partial charge in [-0.15, -0.1) is 0 Å². The lowest BCUT2D eigenvalue weighted by atomic mass is 10.1. The van der Waals surface area contributed by atoms with Gasteiger partial charge in [-0.25, -0.2) is 8.42 Å². The van der Waals surface area contributed by atoms with Crippen molar-refractivity contribution in [2.24, 2.45) is 0 Å². The average molecular weight is 625 g/mol. The van der Waals surface area contributed by atoms with Gasteiger partial charge in [0, 0.05) is 24.7 Å². The third-order valence-corrected chi connectivity index (χ3v) is 9.07. The van der Waals surface area contributed by atoms with Crippen molar-refractivity contribution < 1.29 is 27.7 Å². The number of hydrogen-bond acceptors (Lipinski definition) is 7. The molecule has 3 rings (SSSR count). The molecule has 0 radical (unpaired) electrons. The summed E-state index contributed by atoms with van der Waals surface area (Å²) in [6, 6.07) is 18.4. The number of nitro groups is 1. The lowest BCUT2D eigenvalue weighted by Gasteiger charge is -2.33. The molecule has 1 N–H and O–H groups in total. The standard InChI is InChI=1S/C32H40N4O7S/c1-5-7-20-33-32(38)29(6-2)34(21-19-25-11-9-8-10-12-25)31(37)23-35(26-14-16-27(43-4)17-15-26)44(41,42)28-18-13-24(3)30(22-28)36(39)40/h8-18,22,29H,5-7,19-21,23H2,1-4H3,(H,33,38)/t29-/m0/s1. The van der Waals surface area contributed by atoms with Crippen molar-refractivity contribution in [3.05, 3.63) is 94.0 Å². The van der Waals surface area contributed by atoms with Crippen molar-refractivity contribution >= 4 is 33.2 Å². The number of nitrogens with zero attached hydrogens (tertiary/aromatic N) is 3. The van der Waals surface area contributed by atoms with Crippen LogP contribution in [0.2, 0.25) is 0 Å². The monoisotopic (exact) mass is 624 g/mol. The molecule has 3 aromatic carbocycles. The van der Waals surface area contributed by atoms with Gasteiger partial charge in [-0.1, -0.05) is 56.7 Å². The number of unbranched alkanes of at least 4 members (excludes halogenated alkanes) is 1. The van der Waals surface area contributed by atoms with E-state index in [-0.39, 0.29) is 28.7 Å². The summed E-state index contributed by atoms with van der Waals surface area (Å²) in [5.74, 6) is -0.419. The largest absolute Gasteiger partial charge is 0.497 e. The van der Waals surface area contributed by atoms with E-state index in [2.05, 4.69) is 5.32 Å². The highest BCUT2D eigenvalue weighted by molar-refractivity contribution is 7.92. The van der Waals surface area contributed by atoms with Gasteiger partial charge in [-0.3, -0.25) is 24.0 Å². The molecule has 0 aromatic heterocycles. The summed E-state index contributed by atoms with van der Waals surface area (Å²) in [5.41, 5.74) is 1.06. The molecule has 11 nitrogen and oxygen atoms in total. The normalized spacial score (nSPS) is 11.8. The molecule has 3 aromatic rings. The van der Waals surface area contributed by atoms with Crippen LogP contribution >= 0.6 is 0 Å². The number of methoxy groups -OCH3 is 1. The van der Waals surface area contributed by atoms with Crippen LogP contribution in [-0.2, 0) is 26.0 Å². The molecule has 0 heterocycles. The van der Waals surface area contributed by atoms with Gasteiger partial charge in [-0.05, 0) is 62.1 Å². The number of nitrogens with one attached hydrogen (secondary N) is 1. The Morgan fingerprint density at radius 2 is 1.70 bits per heavy atom. The first-order valence-corrected chi connectivity index (χ1v) is 16.0. The van der Waals surface area contributed by atoms with E-state index >= 15 is 0 Å². The third kappa shape index (κ3) is 8.56. The molecule has 2 amide bonds. The Bertz CT molecular complexity index is 1530. The Morgan fingerprint density at radius 1 is 1.02 bits per heavy atom. The summed E-state index contributed by atoms with van der Waals surface area (Å²) < 4.78 is 34.3. The average Bonchev–Trinajstić information content (AvgIpc) is 3.02. The molecule has 0 spiro atoms. The maximum atomic E-state index is 14.1. The number of rotatable bonds is 16. The highest BCUT2D eigenvalue weighted by Crippen LogP contribution is 2.29. The van der Waals surface area contributed by atoms with Gasteiger partial charge in [0.25, 0.3) is 15.7 Å². The second kappa shape index (κ2) is 15.9.